The van der Waals surface area contributed by atoms with Crippen molar-refractivity contribution in [3.63, 3.8) is 0 Å². The molecule has 0 fully saturated rings. The second-order valence-corrected chi connectivity index (χ2v) is 4.78. The first-order valence-electron chi connectivity index (χ1n) is 6.95. The Morgan fingerprint density at radius 2 is 2.05 bits per heavy atom. The molecule has 110 valence electrons. The minimum atomic E-state index is 0.703. The number of pyridine rings is 1. The van der Waals surface area contributed by atoms with E-state index in [1.807, 2.05) is 41.2 Å². The Hall–Kier alpha value is -2.95. The number of hydrogen-bond acceptors (Lipinski definition) is 4. The summed E-state index contributed by atoms with van der Waals surface area (Å²) in [7, 11) is 1.52. The summed E-state index contributed by atoms with van der Waals surface area (Å²) in [6.07, 6.45) is 7.15. The van der Waals surface area contributed by atoms with Crippen LogP contribution < -0.4 is 0 Å². The Labute approximate surface area is 128 Å². The van der Waals surface area contributed by atoms with Crippen LogP contribution in [-0.4, -0.2) is 28.1 Å². The third kappa shape index (κ3) is 3.20. The summed E-state index contributed by atoms with van der Waals surface area (Å²) in [5, 5.41) is 8.51. The topological polar surface area (TPSA) is 52.3 Å². The third-order valence-corrected chi connectivity index (χ3v) is 3.21. The highest BCUT2D eigenvalue weighted by Crippen LogP contribution is 2.20. The van der Waals surface area contributed by atoms with E-state index in [1.165, 1.54) is 12.7 Å². The second-order valence-electron chi connectivity index (χ2n) is 4.78. The summed E-state index contributed by atoms with van der Waals surface area (Å²) < 4.78 is 1.90. The first kappa shape index (κ1) is 14.0. The SMILES string of the molecule is CO/N=C/c1cn(Cc2ccccc2)nc1-c1cccnc1. The lowest BCUT2D eigenvalue weighted by Crippen LogP contribution is -2.00. The fourth-order valence-corrected chi connectivity index (χ4v) is 2.22. The van der Waals surface area contributed by atoms with Gasteiger partial charge in [-0.2, -0.15) is 5.10 Å². The van der Waals surface area contributed by atoms with Crippen molar-refractivity contribution >= 4 is 6.21 Å². The predicted molar refractivity (Wildman–Crippen MR) is 85.6 cm³/mol. The molecule has 0 atom stereocenters. The van der Waals surface area contributed by atoms with E-state index in [0.717, 1.165) is 16.8 Å². The minimum Gasteiger partial charge on any atom is -0.399 e. The summed E-state index contributed by atoms with van der Waals surface area (Å²) in [4.78, 5) is 8.93. The Balaban J connectivity index is 1.96. The van der Waals surface area contributed by atoms with Gasteiger partial charge in [0.2, 0.25) is 0 Å². The molecule has 0 radical (unpaired) electrons. The maximum atomic E-state index is 4.78. The molecule has 5 nitrogen and oxygen atoms in total. The van der Waals surface area contributed by atoms with E-state index in [-0.39, 0.29) is 0 Å². The Kier molecular flexibility index (Phi) is 4.25. The largest absolute Gasteiger partial charge is 0.399 e. The van der Waals surface area contributed by atoms with Gasteiger partial charge in [0, 0.05) is 29.7 Å². The summed E-state index contributed by atoms with van der Waals surface area (Å²) in [5.74, 6) is 0. The molecule has 3 aromatic rings. The highest BCUT2D eigenvalue weighted by atomic mass is 16.6. The van der Waals surface area contributed by atoms with E-state index in [4.69, 9.17) is 4.84 Å². The third-order valence-electron chi connectivity index (χ3n) is 3.21. The second kappa shape index (κ2) is 6.67. The lowest BCUT2D eigenvalue weighted by atomic mass is 10.1. The van der Waals surface area contributed by atoms with Crippen LogP contribution in [0, 0.1) is 0 Å². The monoisotopic (exact) mass is 292 g/mol. The van der Waals surface area contributed by atoms with Gasteiger partial charge in [0.25, 0.3) is 0 Å². The van der Waals surface area contributed by atoms with E-state index in [1.54, 1.807) is 18.6 Å². The lowest BCUT2D eigenvalue weighted by Gasteiger charge is -2.01. The molecule has 22 heavy (non-hydrogen) atoms. The molecule has 5 heteroatoms. The van der Waals surface area contributed by atoms with Crippen molar-refractivity contribution in [2.45, 2.75) is 6.54 Å². The van der Waals surface area contributed by atoms with Gasteiger partial charge < -0.3 is 4.84 Å². The zero-order chi connectivity index (χ0) is 15.2. The smallest absolute Gasteiger partial charge is 0.106 e. The van der Waals surface area contributed by atoms with Gasteiger partial charge in [0.15, 0.2) is 0 Å². The number of nitrogens with zero attached hydrogens (tertiary/aromatic N) is 4. The van der Waals surface area contributed by atoms with E-state index in [9.17, 15) is 0 Å². The maximum absolute atomic E-state index is 4.78. The molecule has 1 aromatic carbocycles. The summed E-state index contributed by atoms with van der Waals surface area (Å²) in [6, 6.07) is 14.1. The van der Waals surface area contributed by atoms with E-state index in [2.05, 4.69) is 27.4 Å². The van der Waals surface area contributed by atoms with Gasteiger partial charge >= 0.3 is 0 Å². The standard InChI is InChI=1S/C17H16N4O/c1-22-19-11-16-13-21(12-14-6-3-2-4-7-14)20-17(16)15-8-5-9-18-10-15/h2-11,13H,12H2,1H3/b19-11+. The molecule has 2 heterocycles. The first-order chi connectivity index (χ1) is 10.9. The summed E-state index contributed by atoms with van der Waals surface area (Å²) in [6.45, 7) is 0.703. The van der Waals surface area contributed by atoms with Crippen molar-refractivity contribution in [1.82, 2.24) is 14.8 Å². The molecular weight excluding hydrogens is 276 g/mol. The number of aromatic nitrogens is 3. The molecular formula is C17H16N4O. The molecule has 0 saturated heterocycles. The molecule has 0 aliphatic heterocycles. The molecule has 2 aromatic heterocycles. The van der Waals surface area contributed by atoms with Crippen LogP contribution >= 0.6 is 0 Å². The number of oxime groups is 1. The van der Waals surface area contributed by atoms with Gasteiger partial charge in [0.1, 0.15) is 12.8 Å². The number of hydrogen-bond donors (Lipinski definition) is 0. The Bertz CT molecular complexity index is 751. The van der Waals surface area contributed by atoms with E-state index >= 15 is 0 Å². The highest BCUT2D eigenvalue weighted by molar-refractivity contribution is 5.88. The van der Waals surface area contributed by atoms with E-state index in [0.29, 0.717) is 6.54 Å². The molecule has 0 bridgehead atoms. The van der Waals surface area contributed by atoms with Crippen LogP contribution in [0.4, 0.5) is 0 Å². The van der Waals surface area contributed by atoms with Gasteiger partial charge in [-0.15, -0.1) is 0 Å². The van der Waals surface area contributed by atoms with Gasteiger partial charge in [-0.25, -0.2) is 0 Å². The fraction of sp³-hybridized carbons (Fsp3) is 0.118. The van der Waals surface area contributed by atoms with Crippen LogP contribution in [0.25, 0.3) is 11.3 Å². The molecule has 0 unspecified atom stereocenters. The van der Waals surface area contributed by atoms with Crippen molar-refractivity contribution in [1.29, 1.82) is 0 Å². The minimum absolute atomic E-state index is 0.703. The van der Waals surface area contributed by atoms with Gasteiger partial charge in [0.05, 0.1) is 12.8 Å². The molecule has 0 N–H and O–H groups in total. The Morgan fingerprint density at radius 1 is 1.18 bits per heavy atom. The zero-order valence-corrected chi connectivity index (χ0v) is 12.3. The zero-order valence-electron chi connectivity index (χ0n) is 12.3. The van der Waals surface area contributed by atoms with Crippen LogP contribution in [0.3, 0.4) is 0 Å². The fourth-order valence-electron chi connectivity index (χ4n) is 2.22. The normalized spacial score (nSPS) is 11.0. The summed E-state index contributed by atoms with van der Waals surface area (Å²) in [5.41, 5.74) is 3.88. The first-order valence-corrected chi connectivity index (χ1v) is 6.95. The Morgan fingerprint density at radius 3 is 2.77 bits per heavy atom. The van der Waals surface area contributed by atoms with Crippen LogP contribution in [0.5, 0.6) is 0 Å². The van der Waals surface area contributed by atoms with Crippen molar-refractivity contribution in [2.24, 2.45) is 5.16 Å². The predicted octanol–water partition coefficient (Wildman–Crippen LogP) is 2.97. The molecule has 0 aliphatic carbocycles. The van der Waals surface area contributed by atoms with Crippen molar-refractivity contribution in [2.75, 3.05) is 7.11 Å². The van der Waals surface area contributed by atoms with Crippen LogP contribution in [-0.2, 0) is 11.4 Å². The van der Waals surface area contributed by atoms with Crippen molar-refractivity contribution < 1.29 is 4.84 Å². The molecule has 0 amide bonds. The quantitative estimate of drug-likeness (QED) is 0.536. The number of rotatable bonds is 5. The highest BCUT2D eigenvalue weighted by Gasteiger charge is 2.10. The van der Waals surface area contributed by atoms with Crippen molar-refractivity contribution in [3.8, 4) is 11.3 Å². The molecule has 0 spiro atoms. The average Bonchev–Trinajstić information content (AvgIpc) is 2.97. The number of benzene rings is 1. The molecule has 0 aliphatic rings. The van der Waals surface area contributed by atoms with Gasteiger partial charge in [-0.3, -0.25) is 9.67 Å². The van der Waals surface area contributed by atoms with Crippen LogP contribution in [0.15, 0.2) is 66.2 Å². The maximum Gasteiger partial charge on any atom is 0.106 e. The van der Waals surface area contributed by atoms with E-state index < -0.39 is 0 Å². The summed E-state index contributed by atoms with van der Waals surface area (Å²) >= 11 is 0. The van der Waals surface area contributed by atoms with Gasteiger partial charge in [-0.1, -0.05) is 35.5 Å². The van der Waals surface area contributed by atoms with Gasteiger partial charge in [-0.05, 0) is 17.7 Å². The molecule has 3 rings (SSSR count). The molecule has 0 saturated carbocycles. The van der Waals surface area contributed by atoms with Crippen LogP contribution in [0.1, 0.15) is 11.1 Å². The van der Waals surface area contributed by atoms with Crippen LogP contribution in [0.2, 0.25) is 0 Å². The average molecular weight is 292 g/mol. The van der Waals surface area contributed by atoms with Crippen molar-refractivity contribution in [3.05, 3.63) is 72.2 Å². The lowest BCUT2D eigenvalue weighted by molar-refractivity contribution is 0.215.